The molecule has 0 radical (unpaired) electrons. The van der Waals surface area contributed by atoms with Gasteiger partial charge in [0.25, 0.3) is 0 Å². The quantitative estimate of drug-likeness (QED) is 0.452. The summed E-state index contributed by atoms with van der Waals surface area (Å²) in [5.74, 6) is 1.02. The third-order valence-corrected chi connectivity index (χ3v) is 8.10. The van der Waals surface area contributed by atoms with Crippen LogP contribution in [0.2, 0.25) is 6.04 Å². The molecule has 7 heteroatoms. The molecule has 1 saturated heterocycles. The highest BCUT2D eigenvalue weighted by Gasteiger charge is 2.40. The van der Waals surface area contributed by atoms with Crippen LogP contribution in [-0.4, -0.2) is 47.2 Å². The number of rotatable bonds is 12. The van der Waals surface area contributed by atoms with E-state index < -0.39 is 8.80 Å². The van der Waals surface area contributed by atoms with Crippen LogP contribution >= 0.6 is 0 Å². The highest BCUT2D eigenvalue weighted by molar-refractivity contribution is 6.60. The van der Waals surface area contributed by atoms with Crippen molar-refractivity contribution in [1.82, 2.24) is 0 Å². The Morgan fingerprint density at radius 3 is 2.17 bits per heavy atom. The number of nitrogens with zero attached hydrogens (tertiary/aromatic N) is 1. The van der Waals surface area contributed by atoms with Gasteiger partial charge in [0.2, 0.25) is 5.91 Å². The maximum absolute atomic E-state index is 12.3. The van der Waals surface area contributed by atoms with Gasteiger partial charge in [0.1, 0.15) is 5.75 Å². The minimum absolute atomic E-state index is 0.00825. The van der Waals surface area contributed by atoms with Crippen molar-refractivity contribution in [3.05, 3.63) is 24.3 Å². The molecule has 0 aliphatic carbocycles. The number of hydrogen-bond acceptors (Lipinski definition) is 5. The lowest BCUT2D eigenvalue weighted by atomic mass is 10.2. The SMILES string of the molecule is CCO[Si](CCC(C)Oc1ccc(N2CCCCCC2=O)cc1)(OCC)OCC. The van der Waals surface area contributed by atoms with Crippen LogP contribution in [-0.2, 0) is 18.1 Å². The Labute approximate surface area is 176 Å². The van der Waals surface area contributed by atoms with Gasteiger partial charge in [0.05, 0.1) is 6.10 Å². The number of benzene rings is 1. The van der Waals surface area contributed by atoms with Crippen LogP contribution < -0.4 is 9.64 Å². The Kier molecular flexibility index (Phi) is 10.1. The molecule has 0 saturated carbocycles. The van der Waals surface area contributed by atoms with E-state index in [9.17, 15) is 4.79 Å². The summed E-state index contributed by atoms with van der Waals surface area (Å²) in [5, 5.41) is 0. The maximum Gasteiger partial charge on any atom is 0.501 e. The molecule has 1 unspecified atom stereocenters. The molecule has 1 aromatic carbocycles. The Hall–Kier alpha value is -1.41. The first-order valence-corrected chi connectivity index (χ1v) is 13.0. The average Bonchev–Trinajstić information content (AvgIpc) is 2.92. The van der Waals surface area contributed by atoms with Crippen molar-refractivity contribution in [2.75, 3.05) is 31.3 Å². The molecule has 1 atom stereocenters. The summed E-state index contributed by atoms with van der Waals surface area (Å²) in [5.41, 5.74) is 0.951. The van der Waals surface area contributed by atoms with Gasteiger partial charge in [0.15, 0.2) is 0 Å². The van der Waals surface area contributed by atoms with Gasteiger partial charge in [-0.2, -0.15) is 0 Å². The second kappa shape index (κ2) is 12.3. The number of hydrogen-bond donors (Lipinski definition) is 0. The molecule has 0 bridgehead atoms. The normalized spacial score (nSPS) is 16.6. The smallest absolute Gasteiger partial charge is 0.491 e. The lowest BCUT2D eigenvalue weighted by Crippen LogP contribution is -2.46. The molecular formula is C22H37NO5Si. The number of ether oxygens (including phenoxy) is 1. The third-order valence-electron chi connectivity index (χ3n) is 5.01. The molecule has 1 aliphatic heterocycles. The summed E-state index contributed by atoms with van der Waals surface area (Å²) in [6, 6.07) is 8.57. The molecule has 1 fully saturated rings. The van der Waals surface area contributed by atoms with Gasteiger partial charge in [-0.25, -0.2) is 0 Å². The van der Waals surface area contributed by atoms with Crippen LogP contribution in [0.25, 0.3) is 0 Å². The minimum atomic E-state index is -2.64. The van der Waals surface area contributed by atoms with Crippen molar-refractivity contribution in [2.45, 2.75) is 71.9 Å². The van der Waals surface area contributed by atoms with Crippen LogP contribution in [0.3, 0.4) is 0 Å². The van der Waals surface area contributed by atoms with Crippen LogP contribution in [0, 0.1) is 0 Å². The van der Waals surface area contributed by atoms with Crippen molar-refractivity contribution in [3.8, 4) is 5.75 Å². The molecule has 1 aromatic rings. The first-order chi connectivity index (χ1) is 14.0. The molecule has 1 amide bonds. The van der Waals surface area contributed by atoms with Crippen molar-refractivity contribution < 1.29 is 22.8 Å². The van der Waals surface area contributed by atoms with Gasteiger partial charge >= 0.3 is 8.80 Å². The summed E-state index contributed by atoms with van der Waals surface area (Å²) < 4.78 is 23.8. The average molecular weight is 424 g/mol. The van der Waals surface area contributed by atoms with E-state index in [1.54, 1.807) is 0 Å². The van der Waals surface area contributed by atoms with Gasteiger partial charge in [-0.05, 0) is 71.2 Å². The van der Waals surface area contributed by atoms with E-state index >= 15 is 0 Å². The second-order valence-electron chi connectivity index (χ2n) is 7.30. The third kappa shape index (κ3) is 7.41. The van der Waals surface area contributed by atoms with E-state index in [2.05, 4.69) is 6.92 Å². The Balaban J connectivity index is 1.92. The van der Waals surface area contributed by atoms with Gasteiger partial charge < -0.3 is 22.9 Å². The monoisotopic (exact) mass is 423 g/mol. The Morgan fingerprint density at radius 2 is 1.59 bits per heavy atom. The Morgan fingerprint density at radius 1 is 0.966 bits per heavy atom. The molecule has 2 rings (SSSR count). The summed E-state index contributed by atoms with van der Waals surface area (Å²) >= 11 is 0. The van der Waals surface area contributed by atoms with E-state index in [4.69, 9.17) is 18.0 Å². The predicted molar refractivity (Wildman–Crippen MR) is 117 cm³/mol. The number of amides is 1. The summed E-state index contributed by atoms with van der Waals surface area (Å²) in [6.07, 6.45) is 4.61. The molecule has 1 aliphatic rings. The van der Waals surface area contributed by atoms with Gasteiger partial charge in [-0.15, -0.1) is 0 Å². The van der Waals surface area contributed by atoms with Gasteiger partial charge in [-0.1, -0.05) is 6.42 Å². The van der Waals surface area contributed by atoms with E-state index in [1.807, 2.05) is 49.9 Å². The Bertz CT molecular complexity index is 593. The fourth-order valence-corrected chi connectivity index (χ4v) is 6.40. The van der Waals surface area contributed by atoms with Crippen molar-refractivity contribution in [3.63, 3.8) is 0 Å². The zero-order chi connectivity index (χ0) is 21.1. The molecule has 0 spiro atoms. The highest BCUT2D eigenvalue weighted by atomic mass is 28.4. The first kappa shape index (κ1) is 23.9. The molecule has 0 N–H and O–H groups in total. The summed E-state index contributed by atoms with van der Waals surface area (Å²) in [4.78, 5) is 14.2. The van der Waals surface area contributed by atoms with Crippen molar-refractivity contribution >= 4 is 20.4 Å². The van der Waals surface area contributed by atoms with E-state index in [1.165, 1.54) is 0 Å². The molecular weight excluding hydrogens is 386 g/mol. The maximum atomic E-state index is 12.3. The largest absolute Gasteiger partial charge is 0.501 e. The van der Waals surface area contributed by atoms with Crippen LogP contribution in [0.4, 0.5) is 5.69 Å². The molecule has 1 heterocycles. The minimum Gasteiger partial charge on any atom is -0.491 e. The summed E-state index contributed by atoms with van der Waals surface area (Å²) in [7, 11) is -2.64. The summed E-state index contributed by atoms with van der Waals surface area (Å²) in [6.45, 7) is 10.5. The van der Waals surface area contributed by atoms with Crippen LogP contribution in [0.15, 0.2) is 24.3 Å². The molecule has 29 heavy (non-hydrogen) atoms. The standard InChI is InChI=1S/C22H37NO5Si/c1-5-25-29(26-6-2,27-7-3)18-16-19(4)28-21-14-12-20(13-15-21)23-17-10-8-9-11-22(23)24/h12-15,19H,5-11,16-18H2,1-4H3. The second-order valence-corrected chi connectivity index (χ2v) is 10.0. The van der Waals surface area contributed by atoms with E-state index in [-0.39, 0.29) is 12.0 Å². The van der Waals surface area contributed by atoms with Crippen LogP contribution in [0.5, 0.6) is 5.75 Å². The van der Waals surface area contributed by atoms with E-state index in [0.29, 0.717) is 26.2 Å². The number of anilines is 1. The first-order valence-electron chi connectivity index (χ1n) is 11.0. The van der Waals surface area contributed by atoms with Crippen LogP contribution in [0.1, 0.15) is 59.8 Å². The molecule has 164 valence electrons. The lowest BCUT2D eigenvalue weighted by Gasteiger charge is -2.29. The number of carbonyl (C=O) groups is 1. The molecule has 0 aromatic heterocycles. The van der Waals surface area contributed by atoms with E-state index in [0.717, 1.165) is 49.7 Å². The number of carbonyl (C=O) groups excluding carboxylic acids is 1. The lowest BCUT2D eigenvalue weighted by molar-refractivity contribution is -0.118. The van der Waals surface area contributed by atoms with Gasteiger partial charge in [-0.3, -0.25) is 4.79 Å². The topological polar surface area (TPSA) is 57.2 Å². The highest BCUT2D eigenvalue weighted by Crippen LogP contribution is 2.25. The fourth-order valence-electron chi connectivity index (χ4n) is 3.63. The predicted octanol–water partition coefficient (Wildman–Crippen LogP) is 4.80. The fraction of sp³-hybridized carbons (Fsp3) is 0.682. The van der Waals surface area contributed by atoms with Gasteiger partial charge in [0, 0.05) is 44.5 Å². The van der Waals surface area contributed by atoms with Crippen molar-refractivity contribution in [2.24, 2.45) is 0 Å². The van der Waals surface area contributed by atoms with Crippen molar-refractivity contribution in [1.29, 1.82) is 0 Å². The molecule has 6 nitrogen and oxygen atoms in total. The zero-order valence-electron chi connectivity index (χ0n) is 18.4. The zero-order valence-corrected chi connectivity index (χ0v) is 19.4.